The van der Waals surface area contributed by atoms with E-state index in [-0.39, 0.29) is 17.0 Å². The molecule has 0 aromatic heterocycles. The second-order valence-corrected chi connectivity index (χ2v) is 6.39. The molecule has 3 fully saturated rings. The van der Waals surface area contributed by atoms with E-state index in [4.69, 9.17) is 0 Å². The Hall–Kier alpha value is -2.14. The summed E-state index contributed by atoms with van der Waals surface area (Å²) in [6.07, 6.45) is 4.31. The van der Waals surface area contributed by atoms with Gasteiger partial charge in [0.1, 0.15) is 0 Å². The predicted octanol–water partition coefficient (Wildman–Crippen LogP) is 2.01. The summed E-state index contributed by atoms with van der Waals surface area (Å²) in [6.45, 7) is 6.56. The fourth-order valence-electron chi connectivity index (χ4n) is 3.83. The van der Waals surface area contributed by atoms with Gasteiger partial charge in [-0.2, -0.15) is 0 Å². The molecule has 0 spiro atoms. The van der Waals surface area contributed by atoms with E-state index in [1.165, 1.54) is 12.5 Å². The molecule has 3 saturated heterocycles. The van der Waals surface area contributed by atoms with Crippen LogP contribution in [0.15, 0.2) is 36.9 Å². The summed E-state index contributed by atoms with van der Waals surface area (Å²) in [7, 11) is 0. The lowest BCUT2D eigenvalue weighted by molar-refractivity contribution is 0.0195. The summed E-state index contributed by atoms with van der Waals surface area (Å²) in [4.78, 5) is 26.0. The number of nitrogens with one attached hydrogen (secondary N) is 1. The molecule has 4 unspecified atom stereocenters. The van der Waals surface area contributed by atoms with Crippen molar-refractivity contribution in [3.63, 3.8) is 0 Å². The molecule has 0 aliphatic carbocycles. The Labute approximate surface area is 136 Å². The third-order valence-electron chi connectivity index (χ3n) is 5.13. The fourth-order valence-corrected chi connectivity index (χ4v) is 3.83. The molecule has 5 heteroatoms. The van der Waals surface area contributed by atoms with Crippen LogP contribution in [0.5, 0.6) is 0 Å². The van der Waals surface area contributed by atoms with Crippen LogP contribution in [0.2, 0.25) is 0 Å². The Kier molecular flexibility index (Phi) is 4.48. The first-order chi connectivity index (χ1) is 11.1. The predicted molar refractivity (Wildman–Crippen MR) is 87.5 cm³/mol. The largest absolute Gasteiger partial charge is 0.478 e. The van der Waals surface area contributed by atoms with Gasteiger partial charge in [-0.25, -0.2) is 4.79 Å². The van der Waals surface area contributed by atoms with Crippen molar-refractivity contribution in [2.45, 2.75) is 18.9 Å². The molecule has 1 aromatic rings. The van der Waals surface area contributed by atoms with E-state index in [0.29, 0.717) is 24.4 Å². The van der Waals surface area contributed by atoms with E-state index < -0.39 is 5.97 Å². The molecule has 3 aliphatic heterocycles. The highest BCUT2D eigenvalue weighted by Crippen LogP contribution is 2.36. The number of carbonyl (C=O) groups is 2. The zero-order valence-corrected chi connectivity index (χ0v) is 13.1. The van der Waals surface area contributed by atoms with Crippen LogP contribution < -0.4 is 5.32 Å². The number of carboxylic acids is 1. The highest BCUT2D eigenvalue weighted by atomic mass is 16.4. The molecule has 1 amide bonds. The Bertz CT molecular complexity index is 628. The minimum absolute atomic E-state index is 0.0437. The van der Waals surface area contributed by atoms with E-state index in [9.17, 15) is 14.7 Å². The van der Waals surface area contributed by atoms with Crippen LogP contribution in [0.1, 0.15) is 33.6 Å². The third-order valence-corrected chi connectivity index (χ3v) is 5.13. The standard InChI is InChI=1S/C18H22N2O3/c1-2-12-11-20-8-7-13(12)9-14(20)10-19-17(21)15-5-3-4-6-16(15)18(22)23/h2-6,12-14H,1,7-11H2,(H,19,21)(H,22,23). The summed E-state index contributed by atoms with van der Waals surface area (Å²) in [5.74, 6) is -0.176. The van der Waals surface area contributed by atoms with Gasteiger partial charge in [-0.1, -0.05) is 18.2 Å². The SMILES string of the molecule is C=CC1CN2CCC1CC2CNC(=O)c1ccccc1C(=O)O. The first-order valence-electron chi connectivity index (χ1n) is 8.07. The van der Waals surface area contributed by atoms with Crippen LogP contribution >= 0.6 is 0 Å². The average molecular weight is 314 g/mol. The quantitative estimate of drug-likeness (QED) is 0.816. The second-order valence-electron chi connectivity index (χ2n) is 6.39. The van der Waals surface area contributed by atoms with Gasteiger partial charge in [-0.05, 0) is 43.4 Å². The molecular formula is C18H22N2O3. The maximum Gasteiger partial charge on any atom is 0.336 e. The van der Waals surface area contributed by atoms with Crippen molar-refractivity contribution in [3.05, 3.63) is 48.0 Å². The van der Waals surface area contributed by atoms with E-state index in [1.807, 2.05) is 0 Å². The van der Waals surface area contributed by atoms with Crippen molar-refractivity contribution in [1.29, 1.82) is 0 Å². The van der Waals surface area contributed by atoms with Crippen LogP contribution in [0.4, 0.5) is 0 Å². The van der Waals surface area contributed by atoms with Gasteiger partial charge in [0.2, 0.25) is 0 Å². The lowest BCUT2D eigenvalue weighted by Gasteiger charge is -2.49. The number of benzene rings is 1. The van der Waals surface area contributed by atoms with Crippen molar-refractivity contribution in [1.82, 2.24) is 10.2 Å². The maximum absolute atomic E-state index is 12.3. The van der Waals surface area contributed by atoms with Crippen molar-refractivity contribution in [3.8, 4) is 0 Å². The van der Waals surface area contributed by atoms with Crippen molar-refractivity contribution in [2.75, 3.05) is 19.6 Å². The molecule has 1 aromatic carbocycles. The highest BCUT2D eigenvalue weighted by Gasteiger charge is 2.38. The van der Waals surface area contributed by atoms with Crippen LogP contribution in [0, 0.1) is 11.8 Å². The Balaban J connectivity index is 1.62. The number of aromatic carboxylic acids is 1. The number of carboxylic acid groups (broad SMARTS) is 1. The van der Waals surface area contributed by atoms with Crippen molar-refractivity contribution in [2.24, 2.45) is 11.8 Å². The van der Waals surface area contributed by atoms with E-state index in [2.05, 4.69) is 22.9 Å². The molecule has 3 aliphatic rings. The van der Waals surface area contributed by atoms with E-state index >= 15 is 0 Å². The first kappa shape index (κ1) is 15.7. The van der Waals surface area contributed by atoms with Gasteiger partial charge >= 0.3 is 5.97 Å². The molecule has 2 bridgehead atoms. The van der Waals surface area contributed by atoms with Gasteiger partial charge < -0.3 is 10.4 Å². The van der Waals surface area contributed by atoms with E-state index in [0.717, 1.165) is 19.5 Å². The van der Waals surface area contributed by atoms with Crippen molar-refractivity contribution >= 4 is 11.9 Å². The molecule has 4 rings (SSSR count). The van der Waals surface area contributed by atoms with Gasteiger partial charge in [0.15, 0.2) is 0 Å². The fraction of sp³-hybridized carbons (Fsp3) is 0.444. The molecule has 4 atom stereocenters. The lowest BCUT2D eigenvalue weighted by atomic mass is 9.75. The Morgan fingerprint density at radius 3 is 2.70 bits per heavy atom. The van der Waals surface area contributed by atoms with Crippen LogP contribution in [-0.2, 0) is 0 Å². The number of nitrogens with zero attached hydrogens (tertiary/aromatic N) is 1. The van der Waals surface area contributed by atoms with Crippen LogP contribution in [-0.4, -0.2) is 47.6 Å². The van der Waals surface area contributed by atoms with Gasteiger partial charge in [-0.15, -0.1) is 6.58 Å². The molecule has 2 N–H and O–H groups in total. The van der Waals surface area contributed by atoms with Crippen LogP contribution in [0.3, 0.4) is 0 Å². The minimum Gasteiger partial charge on any atom is -0.478 e. The van der Waals surface area contributed by atoms with Crippen molar-refractivity contribution < 1.29 is 14.7 Å². The number of rotatable bonds is 5. The topological polar surface area (TPSA) is 69.6 Å². The normalized spacial score (nSPS) is 29.0. The maximum atomic E-state index is 12.3. The average Bonchev–Trinajstić information content (AvgIpc) is 2.60. The summed E-state index contributed by atoms with van der Waals surface area (Å²) in [5, 5.41) is 12.1. The molecule has 122 valence electrons. The number of amides is 1. The summed E-state index contributed by atoms with van der Waals surface area (Å²) < 4.78 is 0. The molecule has 5 nitrogen and oxygen atoms in total. The number of hydrogen-bond acceptors (Lipinski definition) is 3. The second kappa shape index (κ2) is 6.54. The Morgan fingerprint density at radius 2 is 2.09 bits per heavy atom. The summed E-state index contributed by atoms with van der Waals surface area (Å²) >= 11 is 0. The smallest absolute Gasteiger partial charge is 0.336 e. The third kappa shape index (κ3) is 3.15. The lowest BCUT2D eigenvalue weighted by Crippen LogP contribution is -2.56. The molecule has 0 radical (unpaired) electrons. The summed E-state index contributed by atoms with van der Waals surface area (Å²) in [5.41, 5.74) is 0.266. The van der Waals surface area contributed by atoms with Crippen LogP contribution in [0.25, 0.3) is 0 Å². The zero-order valence-electron chi connectivity index (χ0n) is 13.1. The molecule has 3 heterocycles. The Morgan fingerprint density at radius 1 is 1.35 bits per heavy atom. The molecule has 0 saturated carbocycles. The minimum atomic E-state index is -1.08. The highest BCUT2D eigenvalue weighted by molar-refractivity contribution is 6.04. The number of piperidine rings is 3. The number of hydrogen-bond donors (Lipinski definition) is 2. The van der Waals surface area contributed by atoms with Gasteiger partial charge in [0, 0.05) is 19.1 Å². The van der Waals surface area contributed by atoms with Gasteiger partial charge in [0.05, 0.1) is 11.1 Å². The van der Waals surface area contributed by atoms with Gasteiger partial charge in [-0.3, -0.25) is 9.69 Å². The summed E-state index contributed by atoms with van der Waals surface area (Å²) in [6, 6.07) is 6.66. The number of fused-ring (bicyclic) bond motifs is 3. The first-order valence-corrected chi connectivity index (χ1v) is 8.07. The number of carbonyl (C=O) groups excluding carboxylic acids is 1. The van der Waals surface area contributed by atoms with Gasteiger partial charge in [0.25, 0.3) is 5.91 Å². The molecular weight excluding hydrogens is 292 g/mol. The zero-order chi connectivity index (χ0) is 16.4. The monoisotopic (exact) mass is 314 g/mol. The van der Waals surface area contributed by atoms with E-state index in [1.54, 1.807) is 18.2 Å². The molecule has 23 heavy (non-hydrogen) atoms.